The summed E-state index contributed by atoms with van der Waals surface area (Å²) in [6.07, 6.45) is 5.60. The lowest BCUT2D eigenvalue weighted by Crippen LogP contribution is -2.37. The Hall–Kier alpha value is -2.83. The number of aromatic hydroxyl groups is 1. The van der Waals surface area contributed by atoms with Crippen LogP contribution in [0.1, 0.15) is 77.8 Å². The van der Waals surface area contributed by atoms with Crippen LogP contribution in [-0.4, -0.2) is 32.9 Å². The van der Waals surface area contributed by atoms with Gasteiger partial charge in [-0.15, -0.1) is 0 Å². The Morgan fingerprint density at radius 3 is 2.42 bits per heavy atom. The van der Waals surface area contributed by atoms with Crippen molar-refractivity contribution in [2.24, 2.45) is 5.92 Å². The Labute approximate surface area is 184 Å². The van der Waals surface area contributed by atoms with Gasteiger partial charge in [0.05, 0.1) is 11.4 Å². The molecule has 168 valence electrons. The molecule has 7 nitrogen and oxygen atoms in total. The average Bonchev–Trinajstić information content (AvgIpc) is 3.12. The number of hydrogen-bond donors (Lipinski definition) is 3. The van der Waals surface area contributed by atoms with Crippen molar-refractivity contribution in [1.29, 1.82) is 0 Å². The van der Waals surface area contributed by atoms with Gasteiger partial charge >= 0.3 is 6.03 Å². The fraction of sp³-hybridized carbons (Fsp3) is 0.542. The van der Waals surface area contributed by atoms with E-state index in [-0.39, 0.29) is 29.6 Å². The van der Waals surface area contributed by atoms with E-state index >= 15 is 0 Å². The summed E-state index contributed by atoms with van der Waals surface area (Å²) in [7, 11) is 0. The largest absolute Gasteiger partial charge is 0.507 e. The monoisotopic (exact) mass is 426 g/mol. The molecule has 1 saturated carbocycles. The Morgan fingerprint density at radius 1 is 1.16 bits per heavy atom. The van der Waals surface area contributed by atoms with E-state index in [1.54, 1.807) is 12.1 Å². The minimum absolute atomic E-state index is 0.0227. The van der Waals surface area contributed by atoms with Gasteiger partial charge in [-0.05, 0) is 57.2 Å². The minimum atomic E-state index is -0.240. The number of amides is 2. The number of phenolic OH excluding ortho intramolecular Hbond substituents is 1. The van der Waals surface area contributed by atoms with Crippen molar-refractivity contribution in [2.45, 2.75) is 78.2 Å². The first-order valence-electron chi connectivity index (χ1n) is 11.4. The van der Waals surface area contributed by atoms with Crippen LogP contribution >= 0.6 is 0 Å². The molecule has 0 aliphatic heterocycles. The number of nitrogens with one attached hydrogen (secondary N) is 2. The van der Waals surface area contributed by atoms with Gasteiger partial charge in [0.25, 0.3) is 0 Å². The number of phenols is 1. The molecular weight excluding hydrogens is 392 g/mol. The summed E-state index contributed by atoms with van der Waals surface area (Å²) in [6, 6.07) is 6.75. The van der Waals surface area contributed by atoms with Crippen molar-refractivity contribution >= 4 is 17.6 Å². The summed E-state index contributed by atoms with van der Waals surface area (Å²) >= 11 is 0. The molecule has 31 heavy (non-hydrogen) atoms. The first-order valence-corrected chi connectivity index (χ1v) is 11.4. The van der Waals surface area contributed by atoms with E-state index in [1.165, 1.54) is 10.7 Å². The van der Waals surface area contributed by atoms with Gasteiger partial charge in [0.2, 0.25) is 5.91 Å². The molecule has 1 unspecified atom stereocenters. The average molecular weight is 427 g/mol. The Balaban J connectivity index is 1.86. The summed E-state index contributed by atoms with van der Waals surface area (Å²) in [6.45, 7) is 7.96. The lowest BCUT2D eigenvalue weighted by Gasteiger charge is -2.25. The van der Waals surface area contributed by atoms with Gasteiger partial charge in [-0.1, -0.05) is 27.2 Å². The van der Waals surface area contributed by atoms with Crippen LogP contribution in [0, 0.1) is 5.92 Å². The van der Waals surface area contributed by atoms with E-state index in [9.17, 15) is 14.7 Å². The molecule has 0 spiro atoms. The fourth-order valence-corrected chi connectivity index (χ4v) is 3.79. The summed E-state index contributed by atoms with van der Waals surface area (Å²) in [4.78, 5) is 25.1. The zero-order valence-corrected chi connectivity index (χ0v) is 18.9. The van der Waals surface area contributed by atoms with E-state index < -0.39 is 0 Å². The second-order valence-corrected chi connectivity index (χ2v) is 8.49. The molecule has 2 aromatic rings. The Morgan fingerprint density at radius 2 is 1.87 bits per heavy atom. The lowest BCUT2D eigenvalue weighted by atomic mass is 9.82. The fourth-order valence-electron chi connectivity index (χ4n) is 3.79. The maximum Gasteiger partial charge on any atom is 0.342 e. The van der Waals surface area contributed by atoms with Crippen LogP contribution < -0.4 is 10.6 Å². The van der Waals surface area contributed by atoms with Gasteiger partial charge in [-0.25, -0.2) is 4.79 Å². The summed E-state index contributed by atoms with van der Waals surface area (Å²) in [5.41, 5.74) is 2.52. The van der Waals surface area contributed by atoms with Gasteiger partial charge in [0.15, 0.2) is 0 Å². The van der Waals surface area contributed by atoms with Crippen molar-refractivity contribution in [1.82, 2.24) is 15.1 Å². The predicted molar refractivity (Wildman–Crippen MR) is 122 cm³/mol. The number of nitrogens with zero attached hydrogens (tertiary/aromatic N) is 2. The smallest absolute Gasteiger partial charge is 0.342 e. The molecule has 1 aromatic carbocycles. The van der Waals surface area contributed by atoms with Crippen molar-refractivity contribution in [3.63, 3.8) is 0 Å². The van der Waals surface area contributed by atoms with E-state index in [4.69, 9.17) is 0 Å². The first kappa shape index (κ1) is 22.8. The van der Waals surface area contributed by atoms with Gasteiger partial charge in [-0.2, -0.15) is 9.78 Å². The highest BCUT2D eigenvalue weighted by atomic mass is 16.3. The summed E-state index contributed by atoms with van der Waals surface area (Å²) in [5, 5.41) is 21.0. The molecule has 7 heteroatoms. The van der Waals surface area contributed by atoms with Gasteiger partial charge in [0.1, 0.15) is 5.75 Å². The number of carbonyl (C=O) groups excluding carboxylic acids is 2. The molecule has 1 aromatic heterocycles. The van der Waals surface area contributed by atoms with Crippen LogP contribution in [0.4, 0.5) is 10.5 Å². The quantitative estimate of drug-likeness (QED) is 0.537. The zero-order valence-electron chi connectivity index (χ0n) is 18.9. The number of rotatable bonds is 8. The Kier molecular flexibility index (Phi) is 7.36. The molecule has 3 rings (SSSR count). The Bertz CT molecular complexity index is 929. The highest BCUT2D eigenvalue weighted by molar-refractivity contribution is 5.93. The van der Waals surface area contributed by atoms with Crippen molar-refractivity contribution in [2.75, 3.05) is 5.32 Å². The van der Waals surface area contributed by atoms with E-state index in [0.717, 1.165) is 44.2 Å². The van der Waals surface area contributed by atoms with E-state index in [2.05, 4.69) is 15.7 Å². The molecule has 1 aliphatic rings. The van der Waals surface area contributed by atoms with Crippen molar-refractivity contribution in [3.05, 3.63) is 30.0 Å². The molecular formula is C24H34N4O3. The number of hydrogen-bond acceptors (Lipinski definition) is 4. The van der Waals surface area contributed by atoms with Gasteiger partial charge < -0.3 is 15.7 Å². The first-order chi connectivity index (χ1) is 14.9. The van der Waals surface area contributed by atoms with E-state index in [1.807, 2.05) is 33.8 Å². The molecule has 0 saturated heterocycles. The SMILES string of the molecule is CCC(C)NC(=O)n1nc(-c2ccc(NC(=O)C(CC)CC)cc2O)cc1C1CCC1. The second kappa shape index (κ2) is 9.98. The van der Waals surface area contributed by atoms with Crippen LogP contribution in [0.2, 0.25) is 0 Å². The molecule has 0 bridgehead atoms. The maximum atomic E-state index is 12.8. The number of aromatic nitrogens is 2. The molecule has 3 N–H and O–H groups in total. The topological polar surface area (TPSA) is 96.3 Å². The molecule has 0 radical (unpaired) electrons. The summed E-state index contributed by atoms with van der Waals surface area (Å²) < 4.78 is 1.45. The highest BCUT2D eigenvalue weighted by Crippen LogP contribution is 2.39. The highest BCUT2D eigenvalue weighted by Gasteiger charge is 2.28. The predicted octanol–water partition coefficient (Wildman–Crippen LogP) is 5.25. The molecule has 1 atom stereocenters. The van der Waals surface area contributed by atoms with Crippen LogP contribution in [0.5, 0.6) is 5.75 Å². The van der Waals surface area contributed by atoms with Crippen LogP contribution in [0.15, 0.2) is 24.3 Å². The van der Waals surface area contributed by atoms with Crippen LogP contribution in [-0.2, 0) is 4.79 Å². The standard InChI is InChI=1S/C24H34N4O3/c1-5-15(4)25-24(31)28-21(17-9-8-10-17)14-20(27-28)19-12-11-18(13-22(19)29)26-23(30)16(6-2)7-3/h11-17,29H,5-10H2,1-4H3,(H,25,31)(H,26,30). The summed E-state index contributed by atoms with van der Waals surface area (Å²) in [5.74, 6) is 0.237. The molecule has 1 aliphatic carbocycles. The lowest BCUT2D eigenvalue weighted by molar-refractivity contribution is -0.120. The third-order valence-electron chi connectivity index (χ3n) is 6.33. The molecule has 1 fully saturated rings. The minimum Gasteiger partial charge on any atom is -0.507 e. The third kappa shape index (κ3) is 5.09. The van der Waals surface area contributed by atoms with Crippen molar-refractivity contribution in [3.8, 4) is 17.0 Å². The zero-order chi connectivity index (χ0) is 22.5. The van der Waals surface area contributed by atoms with Crippen LogP contribution in [0.25, 0.3) is 11.3 Å². The molecule has 2 amide bonds. The molecule has 1 heterocycles. The number of anilines is 1. The normalized spacial score (nSPS) is 14.9. The van der Waals surface area contributed by atoms with E-state index in [0.29, 0.717) is 22.9 Å². The number of carbonyl (C=O) groups is 2. The van der Waals surface area contributed by atoms with Gasteiger partial charge in [-0.3, -0.25) is 4.79 Å². The van der Waals surface area contributed by atoms with Gasteiger partial charge in [0, 0.05) is 35.2 Å². The second-order valence-electron chi connectivity index (χ2n) is 8.49. The van der Waals surface area contributed by atoms with Crippen molar-refractivity contribution < 1.29 is 14.7 Å². The third-order valence-corrected chi connectivity index (χ3v) is 6.33. The maximum absolute atomic E-state index is 12.8. The van der Waals surface area contributed by atoms with Crippen LogP contribution in [0.3, 0.4) is 0 Å². The number of benzene rings is 1.